The highest BCUT2D eigenvalue weighted by atomic mass is 32.2. The van der Waals surface area contributed by atoms with Crippen molar-refractivity contribution in [2.45, 2.75) is 25.8 Å². The lowest BCUT2D eigenvalue weighted by atomic mass is 10.1. The fourth-order valence-electron chi connectivity index (χ4n) is 1.94. The number of amides is 2. The van der Waals surface area contributed by atoms with Crippen LogP contribution in [0.2, 0.25) is 0 Å². The van der Waals surface area contributed by atoms with Gasteiger partial charge >= 0.3 is 6.09 Å². The number of likely N-dealkylation sites (tertiary alicyclic amines) is 1. The lowest BCUT2D eigenvalue weighted by Crippen LogP contribution is -2.47. The molecule has 1 fully saturated rings. The third kappa shape index (κ3) is 6.15. The number of carbonyl (C=O) groups excluding carboxylic acids is 2. The molecule has 1 heterocycles. The average molecular weight is 289 g/mol. The predicted octanol–water partition coefficient (Wildman–Crippen LogP) is 0.415. The van der Waals surface area contributed by atoms with E-state index in [0.717, 1.165) is 18.6 Å². The van der Waals surface area contributed by atoms with Gasteiger partial charge in [-0.15, -0.1) is 0 Å². The second-order valence-corrected chi connectivity index (χ2v) is 5.47. The van der Waals surface area contributed by atoms with E-state index >= 15 is 0 Å². The van der Waals surface area contributed by atoms with Gasteiger partial charge in [0.15, 0.2) is 0 Å². The Balaban J connectivity index is 2.19. The molecule has 2 amide bonds. The van der Waals surface area contributed by atoms with Gasteiger partial charge in [-0.3, -0.25) is 4.79 Å². The van der Waals surface area contributed by atoms with Crippen LogP contribution in [0, 0.1) is 0 Å². The lowest BCUT2D eigenvalue weighted by Gasteiger charge is -2.31. The minimum atomic E-state index is -0.259. The second-order valence-electron chi connectivity index (χ2n) is 4.37. The molecule has 0 radical (unpaired) electrons. The molecule has 0 atom stereocenters. The number of nitrogens with zero attached hydrogens (tertiary/aromatic N) is 1. The van der Waals surface area contributed by atoms with Crippen molar-refractivity contribution < 1.29 is 14.3 Å². The Labute approximate surface area is 118 Å². The summed E-state index contributed by atoms with van der Waals surface area (Å²) in [6, 6.07) is 0.164. The summed E-state index contributed by atoms with van der Waals surface area (Å²) in [7, 11) is 0. The van der Waals surface area contributed by atoms with Crippen molar-refractivity contribution in [1.82, 2.24) is 10.2 Å². The van der Waals surface area contributed by atoms with E-state index in [4.69, 9.17) is 10.5 Å². The van der Waals surface area contributed by atoms with Gasteiger partial charge in [-0.1, -0.05) is 0 Å². The summed E-state index contributed by atoms with van der Waals surface area (Å²) in [6.07, 6.45) is 1.31. The number of ether oxygens (including phenoxy) is 1. The first-order chi connectivity index (χ1) is 9.17. The summed E-state index contributed by atoms with van der Waals surface area (Å²) < 4.78 is 4.95. The van der Waals surface area contributed by atoms with E-state index in [-0.39, 0.29) is 18.0 Å². The van der Waals surface area contributed by atoms with Crippen molar-refractivity contribution in [3.05, 3.63) is 0 Å². The third-order valence-corrected chi connectivity index (χ3v) is 3.87. The summed E-state index contributed by atoms with van der Waals surface area (Å²) in [5, 5.41) is 2.99. The zero-order valence-electron chi connectivity index (χ0n) is 11.4. The fourth-order valence-corrected chi connectivity index (χ4v) is 2.52. The molecular formula is C12H23N3O3S. The van der Waals surface area contributed by atoms with Gasteiger partial charge < -0.3 is 20.7 Å². The second kappa shape index (κ2) is 9.03. The van der Waals surface area contributed by atoms with Gasteiger partial charge in [0.1, 0.15) is 0 Å². The van der Waals surface area contributed by atoms with Crippen LogP contribution in [0.3, 0.4) is 0 Å². The molecule has 0 saturated carbocycles. The molecule has 3 N–H and O–H groups in total. The quantitative estimate of drug-likeness (QED) is 0.692. The maximum absolute atomic E-state index is 11.6. The molecule has 1 saturated heterocycles. The molecule has 7 heteroatoms. The van der Waals surface area contributed by atoms with Crippen molar-refractivity contribution in [2.24, 2.45) is 5.73 Å². The zero-order chi connectivity index (χ0) is 14.1. The van der Waals surface area contributed by atoms with Crippen LogP contribution in [0.5, 0.6) is 0 Å². The number of thioether (sulfide) groups is 1. The first kappa shape index (κ1) is 16.1. The van der Waals surface area contributed by atoms with E-state index < -0.39 is 0 Å². The number of nitrogens with two attached hydrogens (primary N) is 1. The average Bonchev–Trinajstić information content (AvgIpc) is 2.40. The lowest BCUT2D eigenvalue weighted by molar-refractivity contribution is -0.119. The summed E-state index contributed by atoms with van der Waals surface area (Å²) >= 11 is 1.54. The number of carbonyl (C=O) groups is 2. The van der Waals surface area contributed by atoms with Crippen molar-refractivity contribution in [3.8, 4) is 0 Å². The number of hydrogen-bond donors (Lipinski definition) is 2. The minimum absolute atomic E-state index is 0.0491. The Morgan fingerprint density at radius 1 is 1.42 bits per heavy atom. The monoisotopic (exact) mass is 289 g/mol. The zero-order valence-corrected chi connectivity index (χ0v) is 12.2. The van der Waals surface area contributed by atoms with Gasteiger partial charge in [0.25, 0.3) is 0 Å². The van der Waals surface area contributed by atoms with Gasteiger partial charge in [-0.05, 0) is 19.8 Å². The topological polar surface area (TPSA) is 84.7 Å². The van der Waals surface area contributed by atoms with E-state index in [1.54, 1.807) is 23.6 Å². The van der Waals surface area contributed by atoms with E-state index in [9.17, 15) is 9.59 Å². The molecule has 110 valence electrons. The van der Waals surface area contributed by atoms with Crippen molar-refractivity contribution in [1.29, 1.82) is 0 Å². The smallest absolute Gasteiger partial charge is 0.409 e. The van der Waals surface area contributed by atoms with E-state index in [2.05, 4.69) is 5.32 Å². The van der Waals surface area contributed by atoms with Gasteiger partial charge in [-0.25, -0.2) is 4.79 Å². The highest BCUT2D eigenvalue weighted by Crippen LogP contribution is 2.11. The SMILES string of the molecule is CCOC(=O)N1CCC(NC(=O)CSCCN)CC1. The molecule has 0 aromatic rings. The first-order valence-corrected chi connectivity index (χ1v) is 7.81. The molecule has 0 aliphatic carbocycles. The number of hydrogen-bond acceptors (Lipinski definition) is 5. The number of nitrogens with one attached hydrogen (secondary N) is 1. The molecule has 1 rings (SSSR count). The Morgan fingerprint density at radius 2 is 2.11 bits per heavy atom. The molecular weight excluding hydrogens is 266 g/mol. The van der Waals surface area contributed by atoms with Gasteiger partial charge in [0.05, 0.1) is 12.4 Å². The highest BCUT2D eigenvalue weighted by molar-refractivity contribution is 7.99. The molecule has 1 aliphatic heterocycles. The molecule has 0 spiro atoms. The van der Waals surface area contributed by atoms with Crippen LogP contribution in [0.4, 0.5) is 4.79 Å². The molecule has 1 aliphatic rings. The molecule has 0 bridgehead atoms. The van der Waals surface area contributed by atoms with Crippen LogP contribution < -0.4 is 11.1 Å². The predicted molar refractivity (Wildman–Crippen MR) is 76.1 cm³/mol. The molecule has 19 heavy (non-hydrogen) atoms. The normalized spacial score (nSPS) is 16.2. The van der Waals surface area contributed by atoms with Crippen LogP contribution in [-0.2, 0) is 9.53 Å². The van der Waals surface area contributed by atoms with Crippen LogP contribution in [0.1, 0.15) is 19.8 Å². The van der Waals surface area contributed by atoms with Crippen LogP contribution >= 0.6 is 11.8 Å². The highest BCUT2D eigenvalue weighted by Gasteiger charge is 2.24. The van der Waals surface area contributed by atoms with E-state index in [0.29, 0.717) is 32.0 Å². The van der Waals surface area contributed by atoms with Crippen molar-refractivity contribution >= 4 is 23.8 Å². The molecule has 0 aromatic carbocycles. The minimum Gasteiger partial charge on any atom is -0.450 e. The first-order valence-electron chi connectivity index (χ1n) is 6.66. The summed E-state index contributed by atoms with van der Waals surface area (Å²) in [4.78, 5) is 24.8. The Bertz CT molecular complexity index is 294. The fraction of sp³-hybridized carbons (Fsp3) is 0.833. The van der Waals surface area contributed by atoms with Gasteiger partial charge in [0.2, 0.25) is 5.91 Å². The van der Waals surface area contributed by atoms with Crippen molar-refractivity contribution in [2.75, 3.05) is 37.7 Å². The van der Waals surface area contributed by atoms with Crippen LogP contribution in [0.15, 0.2) is 0 Å². The maximum Gasteiger partial charge on any atom is 0.409 e. The maximum atomic E-state index is 11.6. The molecule has 6 nitrogen and oxygen atoms in total. The summed E-state index contributed by atoms with van der Waals surface area (Å²) in [5.41, 5.74) is 5.37. The summed E-state index contributed by atoms with van der Waals surface area (Å²) in [5.74, 6) is 1.30. The molecule has 0 unspecified atom stereocenters. The third-order valence-electron chi connectivity index (χ3n) is 2.88. The number of rotatable bonds is 6. The molecule has 0 aromatic heterocycles. The standard InChI is InChI=1S/C12H23N3O3S/c1-2-18-12(17)15-6-3-10(4-7-15)14-11(16)9-19-8-5-13/h10H,2-9,13H2,1H3,(H,14,16). The Kier molecular flexibility index (Phi) is 7.66. The largest absolute Gasteiger partial charge is 0.450 e. The Hall–Kier alpha value is -0.950. The van der Waals surface area contributed by atoms with Gasteiger partial charge in [-0.2, -0.15) is 11.8 Å². The Morgan fingerprint density at radius 3 is 2.68 bits per heavy atom. The van der Waals surface area contributed by atoms with Crippen LogP contribution in [-0.4, -0.2) is 60.7 Å². The van der Waals surface area contributed by atoms with Crippen LogP contribution in [0.25, 0.3) is 0 Å². The van der Waals surface area contributed by atoms with E-state index in [1.165, 1.54) is 0 Å². The van der Waals surface area contributed by atoms with Gasteiger partial charge in [0, 0.05) is 31.4 Å². The van der Waals surface area contributed by atoms with E-state index in [1.807, 2.05) is 0 Å². The summed E-state index contributed by atoms with van der Waals surface area (Å²) in [6.45, 7) is 4.06. The van der Waals surface area contributed by atoms with Crippen molar-refractivity contribution in [3.63, 3.8) is 0 Å². The number of piperidine rings is 1.